The van der Waals surface area contributed by atoms with Gasteiger partial charge in [0.2, 0.25) is 5.89 Å². The molecule has 0 bridgehead atoms. The molecule has 2 aromatic heterocycles. The highest BCUT2D eigenvalue weighted by Crippen LogP contribution is 2.29. The van der Waals surface area contributed by atoms with Gasteiger partial charge in [0, 0.05) is 12.7 Å². The van der Waals surface area contributed by atoms with Crippen LogP contribution in [0.1, 0.15) is 12.5 Å². The zero-order chi connectivity index (χ0) is 13.2. The van der Waals surface area contributed by atoms with E-state index in [1.165, 1.54) is 5.56 Å². The first-order valence-corrected chi connectivity index (χ1v) is 6.33. The summed E-state index contributed by atoms with van der Waals surface area (Å²) >= 11 is 0. The van der Waals surface area contributed by atoms with Gasteiger partial charge in [0.15, 0.2) is 5.58 Å². The van der Waals surface area contributed by atoms with Gasteiger partial charge in [-0.15, -0.1) is 0 Å². The van der Waals surface area contributed by atoms with Crippen LogP contribution in [0.25, 0.3) is 22.6 Å². The Kier molecular flexibility index (Phi) is 2.91. The second kappa shape index (κ2) is 4.72. The molecule has 0 aliphatic heterocycles. The van der Waals surface area contributed by atoms with Crippen molar-refractivity contribution in [3.05, 3.63) is 42.2 Å². The predicted molar refractivity (Wildman–Crippen MR) is 76.1 cm³/mol. The first-order chi connectivity index (χ1) is 9.28. The van der Waals surface area contributed by atoms with Crippen molar-refractivity contribution in [3.63, 3.8) is 0 Å². The average molecular weight is 253 g/mol. The van der Waals surface area contributed by atoms with E-state index in [0.29, 0.717) is 5.89 Å². The van der Waals surface area contributed by atoms with E-state index >= 15 is 0 Å². The molecule has 0 saturated heterocycles. The van der Waals surface area contributed by atoms with E-state index in [9.17, 15) is 0 Å². The fourth-order valence-corrected chi connectivity index (χ4v) is 2.06. The van der Waals surface area contributed by atoms with Crippen molar-refractivity contribution >= 4 is 16.8 Å². The molecule has 2 heterocycles. The highest BCUT2D eigenvalue weighted by Gasteiger charge is 2.12. The van der Waals surface area contributed by atoms with E-state index in [0.717, 1.165) is 28.9 Å². The second-order valence-corrected chi connectivity index (χ2v) is 4.44. The molecule has 0 radical (unpaired) electrons. The van der Waals surface area contributed by atoms with Gasteiger partial charge in [-0.3, -0.25) is 4.98 Å². The van der Waals surface area contributed by atoms with Crippen molar-refractivity contribution in [1.29, 1.82) is 0 Å². The number of hydrogen-bond donors (Lipinski definition) is 1. The number of aryl methyl sites for hydroxylation is 1. The van der Waals surface area contributed by atoms with Crippen molar-refractivity contribution in [3.8, 4) is 11.5 Å². The van der Waals surface area contributed by atoms with Gasteiger partial charge in [0.25, 0.3) is 0 Å². The molecule has 0 spiro atoms. The van der Waals surface area contributed by atoms with E-state index in [4.69, 9.17) is 4.42 Å². The molecule has 4 heteroatoms. The number of fused-ring (bicyclic) bond motifs is 1. The Morgan fingerprint density at radius 2 is 2.16 bits per heavy atom. The van der Waals surface area contributed by atoms with Gasteiger partial charge < -0.3 is 9.73 Å². The van der Waals surface area contributed by atoms with Gasteiger partial charge in [-0.25, -0.2) is 4.98 Å². The second-order valence-electron chi connectivity index (χ2n) is 4.44. The smallest absolute Gasteiger partial charge is 0.229 e. The lowest BCUT2D eigenvalue weighted by Crippen LogP contribution is -1.99. The summed E-state index contributed by atoms with van der Waals surface area (Å²) in [6.07, 6.45) is 3.54. The fraction of sp³-hybridized carbons (Fsp3) is 0.200. The summed E-state index contributed by atoms with van der Waals surface area (Å²) in [7, 11) is 0. The van der Waals surface area contributed by atoms with Gasteiger partial charge in [0.05, 0.1) is 17.4 Å². The molecule has 96 valence electrons. The van der Waals surface area contributed by atoms with Crippen LogP contribution in [0.15, 0.2) is 41.1 Å². The predicted octanol–water partition coefficient (Wildman–Crippen LogP) is 3.63. The van der Waals surface area contributed by atoms with Crippen LogP contribution in [0, 0.1) is 6.92 Å². The number of pyridine rings is 1. The van der Waals surface area contributed by atoms with Crippen LogP contribution in [0.5, 0.6) is 0 Å². The third kappa shape index (κ3) is 2.17. The Bertz CT molecular complexity index is 718. The maximum Gasteiger partial charge on any atom is 0.229 e. The highest BCUT2D eigenvalue weighted by atomic mass is 16.3. The van der Waals surface area contributed by atoms with Crippen LogP contribution in [0.3, 0.4) is 0 Å². The molecule has 0 aliphatic rings. The quantitative estimate of drug-likeness (QED) is 0.774. The van der Waals surface area contributed by atoms with Crippen LogP contribution < -0.4 is 5.32 Å². The lowest BCUT2D eigenvalue weighted by Gasteiger charge is -2.06. The minimum Gasteiger partial charge on any atom is -0.436 e. The zero-order valence-electron chi connectivity index (χ0n) is 11.0. The van der Waals surface area contributed by atoms with Crippen LogP contribution in [0.2, 0.25) is 0 Å². The van der Waals surface area contributed by atoms with E-state index in [1.54, 1.807) is 12.4 Å². The molecule has 0 saturated carbocycles. The van der Waals surface area contributed by atoms with Gasteiger partial charge in [0.1, 0.15) is 5.52 Å². The van der Waals surface area contributed by atoms with Crippen LogP contribution in [-0.4, -0.2) is 16.5 Å². The van der Waals surface area contributed by atoms with Crippen molar-refractivity contribution in [2.45, 2.75) is 13.8 Å². The molecule has 3 rings (SSSR count). The molecule has 3 aromatic rings. The molecule has 4 nitrogen and oxygen atoms in total. The van der Waals surface area contributed by atoms with Crippen molar-refractivity contribution in [1.82, 2.24) is 9.97 Å². The molecule has 1 aromatic carbocycles. The van der Waals surface area contributed by atoms with E-state index in [2.05, 4.69) is 15.3 Å². The summed E-state index contributed by atoms with van der Waals surface area (Å²) in [5, 5.41) is 3.27. The molecular formula is C15H15N3O. The summed E-state index contributed by atoms with van der Waals surface area (Å²) in [6.45, 7) is 4.93. The molecule has 0 amide bonds. The summed E-state index contributed by atoms with van der Waals surface area (Å²) in [5.41, 5.74) is 4.74. The number of nitrogens with one attached hydrogen (secondary N) is 1. The zero-order valence-corrected chi connectivity index (χ0v) is 11.0. The van der Waals surface area contributed by atoms with Crippen molar-refractivity contribution in [2.75, 3.05) is 11.9 Å². The maximum absolute atomic E-state index is 5.82. The van der Waals surface area contributed by atoms with Crippen LogP contribution in [-0.2, 0) is 0 Å². The Hall–Kier alpha value is -2.36. The van der Waals surface area contributed by atoms with Crippen molar-refractivity contribution < 1.29 is 4.42 Å². The fourth-order valence-electron chi connectivity index (χ4n) is 2.06. The number of anilines is 1. The van der Waals surface area contributed by atoms with Gasteiger partial charge in [-0.2, -0.15) is 0 Å². The van der Waals surface area contributed by atoms with Crippen molar-refractivity contribution in [2.24, 2.45) is 0 Å². The lowest BCUT2D eigenvalue weighted by atomic mass is 10.2. The molecule has 1 N–H and O–H groups in total. The molecule has 0 unspecified atom stereocenters. The van der Waals surface area contributed by atoms with Gasteiger partial charge >= 0.3 is 0 Å². The number of aromatic nitrogens is 2. The monoisotopic (exact) mass is 253 g/mol. The first kappa shape index (κ1) is 11.7. The number of oxazole rings is 1. The normalized spacial score (nSPS) is 10.8. The molecule has 19 heavy (non-hydrogen) atoms. The summed E-state index contributed by atoms with van der Waals surface area (Å²) < 4.78 is 5.82. The third-order valence-electron chi connectivity index (χ3n) is 2.96. The Balaban J connectivity index is 2.13. The van der Waals surface area contributed by atoms with Crippen LogP contribution >= 0.6 is 0 Å². The topological polar surface area (TPSA) is 51.0 Å². The Morgan fingerprint density at radius 1 is 1.26 bits per heavy atom. The van der Waals surface area contributed by atoms with Gasteiger partial charge in [-0.1, -0.05) is 6.07 Å². The summed E-state index contributed by atoms with van der Waals surface area (Å²) in [4.78, 5) is 8.68. The van der Waals surface area contributed by atoms with Crippen LogP contribution in [0.4, 0.5) is 5.69 Å². The molecular weight excluding hydrogens is 238 g/mol. The lowest BCUT2D eigenvalue weighted by molar-refractivity contribution is 0.620. The molecule has 0 aliphatic carbocycles. The standard InChI is InChI=1S/C15H15N3O/c1-3-17-13-9-16-7-6-11(13)15-18-12-8-10(2)4-5-14(12)19-15/h4-9,17H,3H2,1-2H3. The SMILES string of the molecule is CCNc1cnccc1-c1nc2cc(C)ccc2o1. The Labute approximate surface area is 111 Å². The number of benzene rings is 1. The minimum atomic E-state index is 0.624. The minimum absolute atomic E-state index is 0.624. The largest absolute Gasteiger partial charge is 0.436 e. The number of hydrogen-bond acceptors (Lipinski definition) is 4. The summed E-state index contributed by atoms with van der Waals surface area (Å²) in [5.74, 6) is 0.624. The molecule has 0 atom stereocenters. The highest BCUT2D eigenvalue weighted by molar-refractivity contribution is 5.80. The number of nitrogens with zero attached hydrogens (tertiary/aromatic N) is 2. The molecule has 0 fully saturated rings. The maximum atomic E-state index is 5.82. The van der Waals surface area contributed by atoms with Gasteiger partial charge in [-0.05, 0) is 37.6 Å². The van der Waals surface area contributed by atoms with E-state index in [1.807, 2.05) is 38.1 Å². The third-order valence-corrected chi connectivity index (χ3v) is 2.96. The van der Waals surface area contributed by atoms with E-state index in [-0.39, 0.29) is 0 Å². The average Bonchev–Trinajstić information content (AvgIpc) is 2.82. The van der Waals surface area contributed by atoms with E-state index < -0.39 is 0 Å². The Morgan fingerprint density at radius 3 is 3.00 bits per heavy atom. The number of rotatable bonds is 3. The first-order valence-electron chi connectivity index (χ1n) is 6.33. The summed E-state index contributed by atoms with van der Waals surface area (Å²) in [6, 6.07) is 7.91.